The molecule has 0 aliphatic carbocycles. The third-order valence-electron chi connectivity index (χ3n) is 3.80. The molecule has 0 saturated carbocycles. The maximum Gasteiger partial charge on any atom is 0.268 e. The normalized spacial score (nSPS) is 16.3. The first-order valence-corrected chi connectivity index (χ1v) is 7.92. The monoisotopic (exact) mass is 361 g/mol. The summed E-state index contributed by atoms with van der Waals surface area (Å²) in [6, 6.07) is 10.2. The average Bonchev–Trinajstić information content (AvgIpc) is 2.54. The first kappa shape index (κ1) is 16.4. The summed E-state index contributed by atoms with van der Waals surface area (Å²) in [6.07, 6.45) is -0.664. The van der Waals surface area contributed by atoms with E-state index in [1.807, 2.05) is 6.07 Å². The van der Waals surface area contributed by atoms with Gasteiger partial charge in [-0.15, -0.1) is 0 Å². The van der Waals surface area contributed by atoms with Crippen molar-refractivity contribution in [3.8, 4) is 11.8 Å². The molecular formula is C17H13Cl2N3O2. The van der Waals surface area contributed by atoms with Crippen molar-refractivity contribution < 1.29 is 9.53 Å². The van der Waals surface area contributed by atoms with E-state index in [9.17, 15) is 10.1 Å². The molecule has 0 unspecified atom stereocenters. The molecule has 2 aromatic carbocycles. The highest BCUT2D eigenvalue weighted by Gasteiger charge is 2.32. The number of rotatable bonds is 2. The standard InChI is InChI=1S/C17H13Cl2N3O2/c1-9-17(23)22(8-11-4-12(18)2-3-13(11)19)15-5-10(7-20)14(21)6-16(15)24-9/h2-6,9H,8,21H2,1H3/t9-/m1/s1. The number of fused-ring (bicyclic) bond motifs is 1. The van der Waals surface area contributed by atoms with Crippen molar-refractivity contribution in [2.75, 3.05) is 10.6 Å². The SMILES string of the molecule is C[C@H]1Oc2cc(N)c(C#N)cc2N(Cc2cc(Cl)ccc2Cl)C1=O. The number of benzene rings is 2. The lowest BCUT2D eigenvalue weighted by molar-refractivity contribution is -0.125. The van der Waals surface area contributed by atoms with Crippen LogP contribution in [0.25, 0.3) is 0 Å². The highest BCUT2D eigenvalue weighted by atomic mass is 35.5. The van der Waals surface area contributed by atoms with E-state index < -0.39 is 6.10 Å². The number of halogens is 2. The highest BCUT2D eigenvalue weighted by Crippen LogP contribution is 2.39. The van der Waals surface area contributed by atoms with Gasteiger partial charge in [-0.2, -0.15) is 5.26 Å². The van der Waals surface area contributed by atoms with Gasteiger partial charge >= 0.3 is 0 Å². The average molecular weight is 362 g/mol. The maximum atomic E-state index is 12.6. The third kappa shape index (κ3) is 2.86. The van der Waals surface area contributed by atoms with Crippen molar-refractivity contribution in [2.24, 2.45) is 0 Å². The molecule has 0 aromatic heterocycles. The summed E-state index contributed by atoms with van der Waals surface area (Å²) in [5.41, 5.74) is 7.60. The molecule has 0 bridgehead atoms. The molecule has 1 atom stereocenters. The molecule has 0 radical (unpaired) electrons. The summed E-state index contributed by atoms with van der Waals surface area (Å²) in [7, 11) is 0. The van der Waals surface area contributed by atoms with Crippen LogP contribution in [0.2, 0.25) is 10.0 Å². The molecule has 1 aliphatic heterocycles. The van der Waals surface area contributed by atoms with Gasteiger partial charge in [0.2, 0.25) is 0 Å². The van der Waals surface area contributed by atoms with Crippen molar-refractivity contribution in [3.05, 3.63) is 51.5 Å². The molecule has 1 aliphatic rings. The number of ether oxygens (including phenoxy) is 1. The van der Waals surface area contributed by atoms with Gasteiger partial charge in [0, 0.05) is 16.1 Å². The smallest absolute Gasteiger partial charge is 0.268 e. The van der Waals surface area contributed by atoms with Crippen LogP contribution in [0.15, 0.2) is 30.3 Å². The number of nitrogens with zero attached hydrogens (tertiary/aromatic N) is 2. The van der Waals surface area contributed by atoms with Gasteiger partial charge < -0.3 is 15.4 Å². The van der Waals surface area contributed by atoms with Crippen LogP contribution >= 0.6 is 23.2 Å². The summed E-state index contributed by atoms with van der Waals surface area (Å²) in [5, 5.41) is 10.2. The van der Waals surface area contributed by atoms with Crippen molar-refractivity contribution in [1.82, 2.24) is 0 Å². The number of nitrogens with two attached hydrogens (primary N) is 1. The quantitative estimate of drug-likeness (QED) is 0.825. The molecule has 2 N–H and O–H groups in total. The van der Waals surface area contributed by atoms with Crippen molar-refractivity contribution in [3.63, 3.8) is 0 Å². The number of nitrogen functional groups attached to an aromatic ring is 1. The second kappa shape index (κ2) is 6.23. The molecule has 2 aromatic rings. The molecule has 7 heteroatoms. The lowest BCUT2D eigenvalue weighted by Gasteiger charge is -2.33. The second-order valence-electron chi connectivity index (χ2n) is 5.44. The van der Waals surface area contributed by atoms with Crippen LogP contribution in [0.3, 0.4) is 0 Å². The molecule has 0 saturated heterocycles. The van der Waals surface area contributed by atoms with Gasteiger partial charge in [0.25, 0.3) is 5.91 Å². The lowest BCUT2D eigenvalue weighted by atomic mass is 10.1. The van der Waals surface area contributed by atoms with Gasteiger partial charge in [-0.05, 0) is 36.8 Å². The molecular weight excluding hydrogens is 349 g/mol. The van der Waals surface area contributed by atoms with E-state index in [2.05, 4.69) is 0 Å². The van der Waals surface area contributed by atoms with E-state index in [0.717, 1.165) is 0 Å². The fourth-order valence-corrected chi connectivity index (χ4v) is 2.94. The van der Waals surface area contributed by atoms with E-state index in [0.29, 0.717) is 32.7 Å². The van der Waals surface area contributed by atoms with Crippen LogP contribution in [-0.2, 0) is 11.3 Å². The van der Waals surface area contributed by atoms with Crippen molar-refractivity contribution in [2.45, 2.75) is 19.6 Å². The van der Waals surface area contributed by atoms with Gasteiger partial charge in [0.1, 0.15) is 11.8 Å². The number of amides is 1. The van der Waals surface area contributed by atoms with E-state index in [1.165, 1.54) is 4.90 Å². The summed E-state index contributed by atoms with van der Waals surface area (Å²) >= 11 is 12.2. The Kier molecular flexibility index (Phi) is 4.27. The number of anilines is 2. The summed E-state index contributed by atoms with van der Waals surface area (Å²) in [4.78, 5) is 14.1. The number of hydrogen-bond acceptors (Lipinski definition) is 4. The second-order valence-corrected chi connectivity index (χ2v) is 6.28. The highest BCUT2D eigenvalue weighted by molar-refractivity contribution is 6.33. The predicted octanol–water partition coefficient (Wildman–Crippen LogP) is 3.76. The molecule has 1 heterocycles. The number of nitriles is 1. The number of carbonyl (C=O) groups is 1. The molecule has 5 nitrogen and oxygen atoms in total. The summed E-state index contributed by atoms with van der Waals surface area (Å²) < 4.78 is 5.61. The minimum Gasteiger partial charge on any atom is -0.479 e. The topological polar surface area (TPSA) is 79.3 Å². The van der Waals surface area contributed by atoms with Crippen molar-refractivity contribution >= 4 is 40.5 Å². The molecule has 24 heavy (non-hydrogen) atoms. The van der Waals surface area contributed by atoms with Crippen LogP contribution in [0.5, 0.6) is 5.75 Å². The van der Waals surface area contributed by atoms with E-state index in [-0.39, 0.29) is 18.0 Å². The minimum atomic E-state index is -0.664. The van der Waals surface area contributed by atoms with Gasteiger partial charge in [-0.1, -0.05) is 23.2 Å². The maximum absolute atomic E-state index is 12.6. The zero-order valence-electron chi connectivity index (χ0n) is 12.7. The predicted molar refractivity (Wildman–Crippen MR) is 93.3 cm³/mol. The molecule has 0 fully saturated rings. The third-order valence-corrected chi connectivity index (χ3v) is 4.40. The Balaban J connectivity index is 2.09. The van der Waals surface area contributed by atoms with E-state index in [4.69, 9.17) is 33.7 Å². The fraction of sp³-hybridized carbons (Fsp3) is 0.176. The van der Waals surface area contributed by atoms with Crippen LogP contribution in [0.4, 0.5) is 11.4 Å². The Morgan fingerprint density at radius 2 is 2.08 bits per heavy atom. The van der Waals surface area contributed by atoms with E-state index >= 15 is 0 Å². The van der Waals surface area contributed by atoms with Gasteiger partial charge in [0.15, 0.2) is 6.10 Å². The first-order chi connectivity index (χ1) is 11.4. The van der Waals surface area contributed by atoms with Crippen molar-refractivity contribution in [1.29, 1.82) is 5.26 Å². The number of carbonyl (C=O) groups excluding carboxylic acids is 1. The van der Waals surface area contributed by atoms with Crippen LogP contribution in [-0.4, -0.2) is 12.0 Å². The van der Waals surface area contributed by atoms with E-state index in [1.54, 1.807) is 37.3 Å². The summed E-state index contributed by atoms with van der Waals surface area (Å²) in [6.45, 7) is 1.87. The molecule has 122 valence electrons. The Hall–Kier alpha value is -2.42. The van der Waals surface area contributed by atoms with Crippen LogP contribution < -0.4 is 15.4 Å². The Morgan fingerprint density at radius 1 is 1.33 bits per heavy atom. The lowest BCUT2D eigenvalue weighted by Crippen LogP contribution is -2.44. The molecule has 3 rings (SSSR count). The minimum absolute atomic E-state index is 0.216. The van der Waals surface area contributed by atoms with Crippen LogP contribution in [0, 0.1) is 11.3 Å². The largest absolute Gasteiger partial charge is 0.479 e. The fourth-order valence-electron chi connectivity index (χ4n) is 2.56. The molecule has 1 amide bonds. The summed E-state index contributed by atoms with van der Waals surface area (Å²) in [5.74, 6) is 0.226. The Morgan fingerprint density at radius 3 is 2.79 bits per heavy atom. The Labute approximate surface area is 149 Å². The zero-order chi connectivity index (χ0) is 17.4. The molecule has 0 spiro atoms. The Bertz CT molecular complexity index is 877. The number of hydrogen-bond donors (Lipinski definition) is 1. The van der Waals surface area contributed by atoms with Gasteiger partial charge in [-0.25, -0.2) is 0 Å². The van der Waals surface area contributed by atoms with Crippen LogP contribution in [0.1, 0.15) is 18.1 Å². The first-order valence-electron chi connectivity index (χ1n) is 7.16. The van der Waals surface area contributed by atoms with Gasteiger partial charge in [-0.3, -0.25) is 4.79 Å². The zero-order valence-corrected chi connectivity index (χ0v) is 14.2. The van der Waals surface area contributed by atoms with Gasteiger partial charge in [0.05, 0.1) is 23.5 Å².